The Kier molecular flexibility index (Phi) is 2.62. The number of nitrogen functional groups attached to an aromatic ring is 1. The predicted molar refractivity (Wildman–Crippen MR) is 55.7 cm³/mol. The van der Waals surface area contributed by atoms with Gasteiger partial charge >= 0.3 is 5.97 Å². The van der Waals surface area contributed by atoms with Crippen LogP contribution in [0.5, 0.6) is 0 Å². The molecule has 1 aliphatic carbocycles. The molecule has 5 nitrogen and oxygen atoms in total. The Morgan fingerprint density at radius 3 is 2.67 bits per heavy atom. The summed E-state index contributed by atoms with van der Waals surface area (Å²) in [6.07, 6.45) is 7.42. The summed E-state index contributed by atoms with van der Waals surface area (Å²) in [6.45, 7) is 0. The van der Waals surface area contributed by atoms with Gasteiger partial charge in [-0.3, -0.25) is 4.68 Å². The molecule has 0 amide bonds. The molecule has 1 aromatic heterocycles. The monoisotopic (exact) mass is 209 g/mol. The maximum atomic E-state index is 10.8. The summed E-state index contributed by atoms with van der Waals surface area (Å²) in [5.41, 5.74) is 5.82. The van der Waals surface area contributed by atoms with Crippen LogP contribution in [0.2, 0.25) is 0 Å². The minimum atomic E-state index is -1.05. The molecule has 0 unspecified atom stereocenters. The van der Waals surface area contributed by atoms with Gasteiger partial charge in [0.1, 0.15) is 0 Å². The van der Waals surface area contributed by atoms with E-state index in [2.05, 4.69) is 5.10 Å². The zero-order chi connectivity index (χ0) is 10.8. The molecule has 1 fully saturated rings. The fourth-order valence-corrected chi connectivity index (χ4v) is 2.10. The van der Waals surface area contributed by atoms with Crippen LogP contribution in [0.15, 0.2) is 6.20 Å². The smallest absolute Gasteiger partial charge is 0.358 e. The van der Waals surface area contributed by atoms with Crippen molar-refractivity contribution in [1.29, 1.82) is 0 Å². The summed E-state index contributed by atoms with van der Waals surface area (Å²) in [6, 6.07) is 0.328. The number of nitrogens with zero attached hydrogens (tertiary/aromatic N) is 2. The van der Waals surface area contributed by atoms with E-state index in [1.807, 2.05) is 0 Å². The van der Waals surface area contributed by atoms with Crippen LogP contribution < -0.4 is 5.73 Å². The summed E-state index contributed by atoms with van der Waals surface area (Å²) < 4.78 is 1.72. The van der Waals surface area contributed by atoms with E-state index in [0.717, 1.165) is 12.8 Å². The minimum Gasteiger partial charge on any atom is -0.476 e. The van der Waals surface area contributed by atoms with Crippen molar-refractivity contribution in [3.63, 3.8) is 0 Å². The third-order valence-corrected chi connectivity index (χ3v) is 2.91. The SMILES string of the molecule is Nc1cn(C2CCCCC2)nc1C(=O)O. The van der Waals surface area contributed by atoms with Gasteiger partial charge in [0.15, 0.2) is 5.69 Å². The first-order valence-corrected chi connectivity index (χ1v) is 5.26. The molecule has 5 heteroatoms. The van der Waals surface area contributed by atoms with Crippen molar-refractivity contribution in [2.45, 2.75) is 38.1 Å². The number of rotatable bonds is 2. The predicted octanol–water partition coefficient (Wildman–Crippen LogP) is 1.67. The van der Waals surface area contributed by atoms with Crippen molar-refractivity contribution in [3.8, 4) is 0 Å². The second kappa shape index (κ2) is 3.92. The summed E-state index contributed by atoms with van der Waals surface area (Å²) in [5, 5.41) is 12.8. The molecule has 0 saturated heterocycles. The zero-order valence-electron chi connectivity index (χ0n) is 8.52. The van der Waals surface area contributed by atoms with Gasteiger partial charge in [0.05, 0.1) is 11.7 Å². The van der Waals surface area contributed by atoms with Gasteiger partial charge in [0.25, 0.3) is 0 Å². The fraction of sp³-hybridized carbons (Fsp3) is 0.600. The molecule has 0 bridgehead atoms. The molecule has 1 saturated carbocycles. The lowest BCUT2D eigenvalue weighted by Gasteiger charge is -2.21. The van der Waals surface area contributed by atoms with Gasteiger partial charge in [0.2, 0.25) is 0 Å². The average Bonchev–Trinajstić information content (AvgIpc) is 2.62. The molecule has 0 aliphatic heterocycles. The van der Waals surface area contributed by atoms with Crippen molar-refractivity contribution < 1.29 is 9.90 Å². The van der Waals surface area contributed by atoms with Gasteiger partial charge in [0, 0.05) is 6.20 Å². The Morgan fingerprint density at radius 2 is 2.13 bits per heavy atom. The largest absolute Gasteiger partial charge is 0.476 e. The number of anilines is 1. The second-order valence-corrected chi connectivity index (χ2v) is 4.01. The highest BCUT2D eigenvalue weighted by atomic mass is 16.4. The van der Waals surface area contributed by atoms with Crippen LogP contribution in [0, 0.1) is 0 Å². The molecule has 0 spiro atoms. The van der Waals surface area contributed by atoms with Crippen molar-refractivity contribution in [1.82, 2.24) is 9.78 Å². The number of aromatic carboxylic acids is 1. The van der Waals surface area contributed by atoms with Crippen LogP contribution in [-0.4, -0.2) is 20.9 Å². The highest BCUT2D eigenvalue weighted by Gasteiger charge is 2.20. The maximum absolute atomic E-state index is 10.8. The van der Waals surface area contributed by atoms with Gasteiger partial charge in [-0.15, -0.1) is 0 Å². The first kappa shape index (κ1) is 10.0. The molecule has 0 aromatic carbocycles. The number of carboxylic acids is 1. The molecule has 3 N–H and O–H groups in total. The Balaban J connectivity index is 2.21. The quantitative estimate of drug-likeness (QED) is 0.776. The highest BCUT2D eigenvalue weighted by Crippen LogP contribution is 2.28. The molecular weight excluding hydrogens is 194 g/mol. The Hall–Kier alpha value is -1.52. The number of hydrogen-bond acceptors (Lipinski definition) is 3. The second-order valence-electron chi connectivity index (χ2n) is 4.01. The van der Waals surface area contributed by atoms with E-state index >= 15 is 0 Å². The Labute approximate surface area is 87.9 Å². The van der Waals surface area contributed by atoms with Crippen LogP contribution in [0.1, 0.15) is 48.6 Å². The third-order valence-electron chi connectivity index (χ3n) is 2.91. The molecule has 0 radical (unpaired) electrons. The summed E-state index contributed by atoms with van der Waals surface area (Å²) in [4.78, 5) is 10.8. The molecule has 2 rings (SSSR count). The molecule has 15 heavy (non-hydrogen) atoms. The Morgan fingerprint density at radius 1 is 1.47 bits per heavy atom. The topological polar surface area (TPSA) is 81.1 Å². The molecule has 82 valence electrons. The first-order valence-electron chi connectivity index (χ1n) is 5.26. The van der Waals surface area contributed by atoms with Crippen LogP contribution in [0.3, 0.4) is 0 Å². The zero-order valence-corrected chi connectivity index (χ0v) is 8.52. The van der Waals surface area contributed by atoms with E-state index in [1.54, 1.807) is 10.9 Å². The minimum absolute atomic E-state index is 0.0272. The van der Waals surface area contributed by atoms with Crippen LogP contribution in [0.25, 0.3) is 0 Å². The van der Waals surface area contributed by atoms with E-state index in [4.69, 9.17) is 10.8 Å². The van der Waals surface area contributed by atoms with Gasteiger partial charge < -0.3 is 10.8 Å². The molecule has 1 heterocycles. The van der Waals surface area contributed by atoms with Gasteiger partial charge in [-0.05, 0) is 12.8 Å². The number of hydrogen-bond donors (Lipinski definition) is 2. The number of aromatic nitrogens is 2. The van der Waals surface area contributed by atoms with E-state index in [9.17, 15) is 4.79 Å². The standard InChI is InChI=1S/C10H15N3O2/c11-8-6-13(12-9(8)10(14)15)7-4-2-1-3-5-7/h6-7H,1-5,11H2,(H,14,15). The number of carboxylic acid groups (broad SMARTS) is 1. The first-order chi connectivity index (χ1) is 7.18. The summed E-state index contributed by atoms with van der Waals surface area (Å²) >= 11 is 0. The molecule has 1 aliphatic rings. The van der Waals surface area contributed by atoms with Gasteiger partial charge in [-0.25, -0.2) is 4.79 Å². The van der Waals surface area contributed by atoms with Crippen molar-refractivity contribution in [3.05, 3.63) is 11.9 Å². The third kappa shape index (κ3) is 1.95. The van der Waals surface area contributed by atoms with Crippen LogP contribution in [0.4, 0.5) is 5.69 Å². The number of nitrogens with two attached hydrogens (primary N) is 1. The van der Waals surface area contributed by atoms with Crippen LogP contribution >= 0.6 is 0 Å². The molecule has 0 atom stereocenters. The van der Waals surface area contributed by atoms with Crippen molar-refractivity contribution in [2.75, 3.05) is 5.73 Å². The van der Waals surface area contributed by atoms with E-state index in [1.165, 1.54) is 19.3 Å². The summed E-state index contributed by atoms with van der Waals surface area (Å²) in [5.74, 6) is -1.05. The van der Waals surface area contributed by atoms with Gasteiger partial charge in [-0.2, -0.15) is 5.10 Å². The van der Waals surface area contributed by atoms with E-state index < -0.39 is 5.97 Å². The lowest BCUT2D eigenvalue weighted by atomic mass is 9.96. The van der Waals surface area contributed by atoms with Crippen LogP contribution in [-0.2, 0) is 0 Å². The lowest BCUT2D eigenvalue weighted by Crippen LogP contribution is -2.14. The normalized spacial score (nSPS) is 17.9. The van der Waals surface area contributed by atoms with E-state index in [-0.39, 0.29) is 11.4 Å². The Bertz CT molecular complexity index is 367. The molecular formula is C10H15N3O2. The van der Waals surface area contributed by atoms with Gasteiger partial charge in [-0.1, -0.05) is 19.3 Å². The van der Waals surface area contributed by atoms with Crippen molar-refractivity contribution >= 4 is 11.7 Å². The lowest BCUT2D eigenvalue weighted by molar-refractivity contribution is 0.0690. The van der Waals surface area contributed by atoms with Crippen molar-refractivity contribution in [2.24, 2.45) is 0 Å². The highest BCUT2D eigenvalue weighted by molar-refractivity contribution is 5.91. The molecule has 1 aromatic rings. The maximum Gasteiger partial charge on any atom is 0.358 e. The number of carbonyl (C=O) groups is 1. The van der Waals surface area contributed by atoms with E-state index in [0.29, 0.717) is 6.04 Å². The summed E-state index contributed by atoms with van der Waals surface area (Å²) in [7, 11) is 0. The average molecular weight is 209 g/mol. The fourth-order valence-electron chi connectivity index (χ4n) is 2.10.